The number of anilines is 1. The molecular formula is C15H13FN2. The van der Waals surface area contributed by atoms with Gasteiger partial charge in [0.25, 0.3) is 0 Å². The Morgan fingerprint density at radius 3 is 2.39 bits per heavy atom. The van der Waals surface area contributed by atoms with Crippen molar-refractivity contribution >= 4 is 5.69 Å². The molecule has 0 aromatic heterocycles. The van der Waals surface area contributed by atoms with Crippen LogP contribution in [0.15, 0.2) is 48.5 Å². The van der Waals surface area contributed by atoms with Crippen molar-refractivity contribution in [2.24, 2.45) is 0 Å². The van der Waals surface area contributed by atoms with E-state index in [1.165, 1.54) is 6.07 Å². The standard InChI is InChI=1S/C15H13FN2/c1-18(15-5-3-2-4-14(15)16)11-13-8-6-12(10-17)7-9-13/h2-9H,11H2,1H3. The summed E-state index contributed by atoms with van der Waals surface area (Å²) in [6.07, 6.45) is 0. The molecule has 0 saturated heterocycles. The minimum Gasteiger partial charge on any atom is -0.368 e. The normalized spacial score (nSPS) is 9.83. The van der Waals surface area contributed by atoms with Gasteiger partial charge in [-0.1, -0.05) is 24.3 Å². The lowest BCUT2D eigenvalue weighted by molar-refractivity contribution is 0.622. The van der Waals surface area contributed by atoms with Gasteiger partial charge in [-0.2, -0.15) is 5.26 Å². The Morgan fingerprint density at radius 2 is 1.78 bits per heavy atom. The highest BCUT2D eigenvalue weighted by Gasteiger charge is 2.06. The fourth-order valence-electron chi connectivity index (χ4n) is 1.81. The average Bonchev–Trinajstić information content (AvgIpc) is 2.40. The Labute approximate surface area is 106 Å². The second kappa shape index (κ2) is 5.33. The van der Waals surface area contributed by atoms with Crippen molar-refractivity contribution in [3.05, 3.63) is 65.5 Å². The lowest BCUT2D eigenvalue weighted by Crippen LogP contribution is -2.17. The van der Waals surface area contributed by atoms with Crippen molar-refractivity contribution in [1.29, 1.82) is 5.26 Å². The van der Waals surface area contributed by atoms with E-state index in [1.54, 1.807) is 24.3 Å². The van der Waals surface area contributed by atoms with Crippen LogP contribution in [0, 0.1) is 17.1 Å². The first-order valence-corrected chi connectivity index (χ1v) is 5.65. The molecule has 0 atom stereocenters. The second-order valence-electron chi connectivity index (χ2n) is 4.12. The zero-order valence-electron chi connectivity index (χ0n) is 10.1. The monoisotopic (exact) mass is 240 g/mol. The lowest BCUT2D eigenvalue weighted by Gasteiger charge is -2.19. The third kappa shape index (κ3) is 2.67. The van der Waals surface area contributed by atoms with Crippen LogP contribution in [-0.2, 0) is 6.54 Å². The summed E-state index contributed by atoms with van der Waals surface area (Å²) in [6.45, 7) is 0.604. The topological polar surface area (TPSA) is 27.0 Å². The minimum absolute atomic E-state index is 0.228. The van der Waals surface area contributed by atoms with Gasteiger partial charge in [0.2, 0.25) is 0 Å². The maximum absolute atomic E-state index is 13.6. The van der Waals surface area contributed by atoms with Crippen molar-refractivity contribution in [2.75, 3.05) is 11.9 Å². The largest absolute Gasteiger partial charge is 0.368 e. The van der Waals surface area contributed by atoms with Crippen LogP contribution in [-0.4, -0.2) is 7.05 Å². The molecule has 0 spiro atoms. The van der Waals surface area contributed by atoms with Crippen molar-refractivity contribution in [3.8, 4) is 6.07 Å². The number of hydrogen-bond acceptors (Lipinski definition) is 2. The van der Waals surface area contributed by atoms with E-state index in [-0.39, 0.29) is 5.82 Å². The van der Waals surface area contributed by atoms with Crippen LogP contribution in [0.3, 0.4) is 0 Å². The number of nitrogens with zero attached hydrogens (tertiary/aromatic N) is 2. The van der Waals surface area contributed by atoms with E-state index in [2.05, 4.69) is 6.07 Å². The van der Waals surface area contributed by atoms with Crippen LogP contribution >= 0.6 is 0 Å². The smallest absolute Gasteiger partial charge is 0.146 e. The molecule has 0 aliphatic rings. The highest BCUT2D eigenvalue weighted by atomic mass is 19.1. The first-order valence-electron chi connectivity index (χ1n) is 5.65. The number of hydrogen-bond donors (Lipinski definition) is 0. The van der Waals surface area contributed by atoms with E-state index in [4.69, 9.17) is 5.26 Å². The van der Waals surface area contributed by atoms with E-state index in [9.17, 15) is 4.39 Å². The number of halogens is 1. The van der Waals surface area contributed by atoms with Crippen LogP contribution in [0.1, 0.15) is 11.1 Å². The molecule has 2 aromatic carbocycles. The molecule has 0 fully saturated rings. The van der Waals surface area contributed by atoms with Crippen molar-refractivity contribution in [1.82, 2.24) is 0 Å². The average molecular weight is 240 g/mol. The van der Waals surface area contributed by atoms with E-state index >= 15 is 0 Å². The Balaban J connectivity index is 2.14. The van der Waals surface area contributed by atoms with Crippen molar-refractivity contribution < 1.29 is 4.39 Å². The Morgan fingerprint density at radius 1 is 1.11 bits per heavy atom. The van der Waals surface area contributed by atoms with E-state index in [1.807, 2.05) is 30.1 Å². The molecule has 0 unspecified atom stereocenters. The number of rotatable bonds is 3. The van der Waals surface area contributed by atoms with E-state index in [0.717, 1.165) is 5.56 Å². The summed E-state index contributed by atoms with van der Waals surface area (Å²) < 4.78 is 13.6. The molecule has 0 heterocycles. The molecule has 2 rings (SSSR count). The van der Waals surface area contributed by atoms with Gasteiger partial charge in [-0.15, -0.1) is 0 Å². The van der Waals surface area contributed by atoms with Gasteiger partial charge in [0.05, 0.1) is 17.3 Å². The molecule has 0 bridgehead atoms. The molecular weight excluding hydrogens is 227 g/mol. The lowest BCUT2D eigenvalue weighted by atomic mass is 10.1. The highest BCUT2D eigenvalue weighted by molar-refractivity contribution is 5.47. The molecule has 2 nitrogen and oxygen atoms in total. The van der Waals surface area contributed by atoms with Crippen LogP contribution in [0.2, 0.25) is 0 Å². The van der Waals surface area contributed by atoms with Crippen molar-refractivity contribution in [2.45, 2.75) is 6.54 Å². The van der Waals surface area contributed by atoms with E-state index < -0.39 is 0 Å². The van der Waals surface area contributed by atoms with Gasteiger partial charge in [0.1, 0.15) is 5.82 Å². The molecule has 0 radical (unpaired) electrons. The third-order valence-corrected chi connectivity index (χ3v) is 2.77. The van der Waals surface area contributed by atoms with Crippen LogP contribution < -0.4 is 4.90 Å². The zero-order chi connectivity index (χ0) is 13.0. The first-order chi connectivity index (χ1) is 8.70. The van der Waals surface area contributed by atoms with Gasteiger partial charge in [-0.05, 0) is 29.8 Å². The maximum atomic E-state index is 13.6. The highest BCUT2D eigenvalue weighted by Crippen LogP contribution is 2.19. The van der Waals surface area contributed by atoms with E-state index in [0.29, 0.717) is 17.8 Å². The summed E-state index contributed by atoms with van der Waals surface area (Å²) in [5, 5.41) is 8.71. The third-order valence-electron chi connectivity index (χ3n) is 2.77. The van der Waals surface area contributed by atoms with Crippen molar-refractivity contribution in [3.63, 3.8) is 0 Å². The number of para-hydroxylation sites is 1. The second-order valence-corrected chi connectivity index (χ2v) is 4.12. The van der Waals surface area contributed by atoms with Crippen LogP contribution in [0.4, 0.5) is 10.1 Å². The molecule has 0 aliphatic carbocycles. The fraction of sp³-hybridized carbons (Fsp3) is 0.133. The molecule has 0 amide bonds. The number of nitriles is 1. The van der Waals surface area contributed by atoms with Gasteiger partial charge in [-0.25, -0.2) is 4.39 Å². The summed E-state index contributed by atoms with van der Waals surface area (Å²) in [5.41, 5.74) is 2.24. The Hall–Kier alpha value is -2.34. The molecule has 18 heavy (non-hydrogen) atoms. The van der Waals surface area contributed by atoms with Crippen LogP contribution in [0.5, 0.6) is 0 Å². The first kappa shape index (κ1) is 12.1. The predicted octanol–water partition coefficient (Wildman–Crippen LogP) is 3.33. The summed E-state index contributed by atoms with van der Waals surface area (Å²) >= 11 is 0. The molecule has 0 aliphatic heterocycles. The summed E-state index contributed by atoms with van der Waals surface area (Å²) in [6, 6.07) is 16.1. The Kier molecular flexibility index (Phi) is 3.59. The van der Waals surface area contributed by atoms with Gasteiger partial charge in [0, 0.05) is 13.6 Å². The fourth-order valence-corrected chi connectivity index (χ4v) is 1.81. The molecule has 90 valence electrons. The Bertz CT molecular complexity index is 570. The summed E-state index contributed by atoms with van der Waals surface area (Å²) in [7, 11) is 1.84. The van der Waals surface area contributed by atoms with Gasteiger partial charge >= 0.3 is 0 Å². The molecule has 3 heteroatoms. The predicted molar refractivity (Wildman–Crippen MR) is 69.7 cm³/mol. The SMILES string of the molecule is CN(Cc1ccc(C#N)cc1)c1ccccc1F. The van der Waals surface area contributed by atoms with Gasteiger partial charge < -0.3 is 4.90 Å². The zero-order valence-corrected chi connectivity index (χ0v) is 10.1. The molecule has 0 saturated carbocycles. The quantitative estimate of drug-likeness (QED) is 0.822. The van der Waals surface area contributed by atoms with Crippen LogP contribution in [0.25, 0.3) is 0 Å². The maximum Gasteiger partial charge on any atom is 0.146 e. The molecule has 0 N–H and O–H groups in total. The summed E-state index contributed by atoms with van der Waals surface area (Å²) in [4.78, 5) is 1.84. The van der Waals surface area contributed by atoms with Gasteiger partial charge in [0.15, 0.2) is 0 Å². The van der Waals surface area contributed by atoms with Gasteiger partial charge in [-0.3, -0.25) is 0 Å². The molecule has 2 aromatic rings. The number of benzene rings is 2. The summed E-state index contributed by atoms with van der Waals surface area (Å²) in [5.74, 6) is -0.228. The minimum atomic E-state index is -0.228.